The Morgan fingerprint density at radius 3 is 2.47 bits per heavy atom. The molecular weight excluding hydrogens is 268 g/mol. The van der Waals surface area contributed by atoms with Crippen LogP contribution in [0.4, 0.5) is 4.79 Å². The molecule has 0 radical (unpaired) electrons. The van der Waals surface area contributed by atoms with E-state index >= 15 is 0 Å². The molecule has 0 heterocycles. The lowest BCUT2D eigenvalue weighted by atomic mass is 10.3. The molecule has 0 atom stereocenters. The number of hydrogen-bond acceptors (Lipinski definition) is 4. The zero-order valence-corrected chi connectivity index (χ0v) is 12.7. The molecule has 0 unspecified atom stereocenters. The zero-order chi connectivity index (χ0) is 14.5. The van der Waals surface area contributed by atoms with Gasteiger partial charge < -0.3 is 20.5 Å². The predicted molar refractivity (Wildman–Crippen MR) is 73.1 cm³/mol. The van der Waals surface area contributed by atoms with Gasteiger partial charge in [-0.15, -0.1) is 0 Å². The van der Waals surface area contributed by atoms with Gasteiger partial charge in [-0.2, -0.15) is 0 Å². The minimum absolute atomic E-state index is 0.0221. The molecular formula is C11H22N2O5Si. The Labute approximate surface area is 114 Å². The number of rotatable bonds is 10. The molecule has 0 saturated heterocycles. The number of ether oxygens (including phenoxy) is 1. The van der Waals surface area contributed by atoms with Crippen molar-refractivity contribution >= 4 is 27.5 Å². The molecule has 0 spiro atoms. The van der Waals surface area contributed by atoms with E-state index in [2.05, 4.69) is 17.2 Å². The monoisotopic (exact) mass is 290 g/mol. The SMILES string of the molecule is C[SiH2]CCOC(=O)NCCCNC(=O)CCC(=O)O. The summed E-state index contributed by atoms with van der Waals surface area (Å²) in [5.74, 6) is -1.28. The van der Waals surface area contributed by atoms with Crippen LogP contribution in [0.25, 0.3) is 0 Å². The molecule has 19 heavy (non-hydrogen) atoms. The van der Waals surface area contributed by atoms with Gasteiger partial charge in [0.15, 0.2) is 0 Å². The van der Waals surface area contributed by atoms with Crippen LogP contribution in [-0.4, -0.2) is 52.3 Å². The molecule has 0 aliphatic carbocycles. The Morgan fingerprint density at radius 1 is 1.16 bits per heavy atom. The lowest BCUT2D eigenvalue weighted by molar-refractivity contribution is -0.138. The van der Waals surface area contributed by atoms with Crippen molar-refractivity contribution in [3.63, 3.8) is 0 Å². The largest absolute Gasteiger partial charge is 0.481 e. The summed E-state index contributed by atoms with van der Waals surface area (Å²) in [6.07, 6.45) is -0.0427. The molecule has 0 aliphatic rings. The van der Waals surface area contributed by atoms with Crippen molar-refractivity contribution in [1.82, 2.24) is 10.6 Å². The Morgan fingerprint density at radius 2 is 1.84 bits per heavy atom. The van der Waals surface area contributed by atoms with Gasteiger partial charge in [0, 0.05) is 29.0 Å². The summed E-state index contributed by atoms with van der Waals surface area (Å²) < 4.78 is 4.91. The Bertz CT molecular complexity index is 299. The fraction of sp³-hybridized carbons (Fsp3) is 0.727. The topological polar surface area (TPSA) is 105 Å². The first-order chi connectivity index (χ1) is 9.06. The summed E-state index contributed by atoms with van der Waals surface area (Å²) in [4.78, 5) is 32.5. The number of carboxylic acids is 1. The highest BCUT2D eigenvalue weighted by molar-refractivity contribution is 6.33. The van der Waals surface area contributed by atoms with Crippen molar-refractivity contribution in [3.8, 4) is 0 Å². The summed E-state index contributed by atoms with van der Waals surface area (Å²) >= 11 is 0. The molecule has 2 amide bonds. The lowest BCUT2D eigenvalue weighted by Crippen LogP contribution is -2.30. The maximum atomic E-state index is 11.1. The van der Waals surface area contributed by atoms with E-state index in [1.807, 2.05) is 0 Å². The van der Waals surface area contributed by atoms with Crippen LogP contribution in [0, 0.1) is 0 Å². The van der Waals surface area contributed by atoms with Crippen LogP contribution < -0.4 is 10.6 Å². The quantitative estimate of drug-likeness (QED) is 0.379. The summed E-state index contributed by atoms with van der Waals surface area (Å²) in [6, 6.07) is 0.979. The standard InChI is InChI=1S/C11H22N2O5Si/c1-19-8-7-18-11(17)13-6-2-5-12-9(14)3-4-10(15)16/h2-8,19H2,1H3,(H,12,14)(H,13,17)(H,15,16). The van der Waals surface area contributed by atoms with Gasteiger partial charge in [-0.25, -0.2) is 4.79 Å². The first-order valence-corrected chi connectivity index (χ1v) is 8.86. The fourth-order valence-corrected chi connectivity index (χ4v) is 1.61. The number of nitrogens with one attached hydrogen (secondary N) is 2. The van der Waals surface area contributed by atoms with E-state index < -0.39 is 12.1 Å². The first-order valence-electron chi connectivity index (χ1n) is 6.45. The average Bonchev–Trinajstić information content (AvgIpc) is 2.36. The zero-order valence-electron chi connectivity index (χ0n) is 11.2. The van der Waals surface area contributed by atoms with Crippen molar-refractivity contribution in [2.45, 2.75) is 31.9 Å². The maximum absolute atomic E-state index is 11.1. The summed E-state index contributed by atoms with van der Waals surface area (Å²) in [6.45, 7) is 3.44. The second-order valence-electron chi connectivity index (χ2n) is 4.01. The van der Waals surface area contributed by atoms with Gasteiger partial charge in [0.2, 0.25) is 5.91 Å². The number of carbonyl (C=O) groups is 3. The van der Waals surface area contributed by atoms with E-state index in [0.717, 1.165) is 6.04 Å². The molecule has 110 valence electrons. The van der Waals surface area contributed by atoms with Crippen molar-refractivity contribution in [2.75, 3.05) is 19.7 Å². The van der Waals surface area contributed by atoms with Crippen molar-refractivity contribution in [2.24, 2.45) is 0 Å². The number of hydrogen-bond donors (Lipinski definition) is 3. The second kappa shape index (κ2) is 11.5. The highest BCUT2D eigenvalue weighted by atomic mass is 28.2. The molecule has 0 aliphatic heterocycles. The van der Waals surface area contributed by atoms with Gasteiger partial charge in [-0.05, 0) is 12.5 Å². The Balaban J connectivity index is 3.36. The molecule has 7 nitrogen and oxygen atoms in total. The third kappa shape index (κ3) is 12.7. The molecule has 0 aromatic heterocycles. The van der Waals surface area contributed by atoms with E-state index in [1.165, 1.54) is 0 Å². The highest BCUT2D eigenvalue weighted by Gasteiger charge is 2.04. The van der Waals surface area contributed by atoms with Gasteiger partial charge in [0.1, 0.15) is 0 Å². The van der Waals surface area contributed by atoms with E-state index in [0.29, 0.717) is 26.1 Å². The number of carboxylic acid groups (broad SMARTS) is 1. The van der Waals surface area contributed by atoms with Gasteiger partial charge in [-0.3, -0.25) is 9.59 Å². The number of amides is 2. The first kappa shape index (κ1) is 17.4. The van der Waals surface area contributed by atoms with E-state index in [4.69, 9.17) is 9.84 Å². The predicted octanol–water partition coefficient (Wildman–Crippen LogP) is -0.281. The summed E-state index contributed by atoms with van der Waals surface area (Å²) in [5, 5.41) is 13.5. The molecule has 0 aromatic rings. The van der Waals surface area contributed by atoms with Gasteiger partial charge >= 0.3 is 12.1 Å². The third-order valence-corrected chi connectivity index (χ3v) is 3.24. The molecule has 3 N–H and O–H groups in total. The van der Waals surface area contributed by atoms with Gasteiger partial charge in [0.05, 0.1) is 13.0 Å². The summed E-state index contributed by atoms with van der Waals surface area (Å²) in [7, 11) is -0.0708. The average molecular weight is 290 g/mol. The molecule has 8 heteroatoms. The number of alkyl carbamates (subject to hydrolysis) is 1. The van der Waals surface area contributed by atoms with Crippen LogP contribution in [0.2, 0.25) is 12.6 Å². The molecule has 0 rings (SSSR count). The van der Waals surface area contributed by atoms with Crippen molar-refractivity contribution in [1.29, 1.82) is 0 Å². The van der Waals surface area contributed by atoms with Gasteiger partial charge in [-0.1, -0.05) is 6.55 Å². The van der Waals surface area contributed by atoms with Crippen molar-refractivity contribution < 1.29 is 24.2 Å². The maximum Gasteiger partial charge on any atom is 0.407 e. The molecule has 0 bridgehead atoms. The number of carbonyl (C=O) groups excluding carboxylic acids is 2. The van der Waals surface area contributed by atoms with E-state index in [-0.39, 0.29) is 28.3 Å². The fourth-order valence-electron chi connectivity index (χ4n) is 1.18. The Hall–Kier alpha value is -1.57. The van der Waals surface area contributed by atoms with Gasteiger partial charge in [0.25, 0.3) is 0 Å². The smallest absolute Gasteiger partial charge is 0.407 e. The van der Waals surface area contributed by atoms with Crippen LogP contribution in [0.15, 0.2) is 0 Å². The van der Waals surface area contributed by atoms with E-state index in [1.54, 1.807) is 0 Å². The van der Waals surface area contributed by atoms with Crippen LogP contribution in [0.5, 0.6) is 0 Å². The van der Waals surface area contributed by atoms with Crippen LogP contribution in [0.1, 0.15) is 19.3 Å². The summed E-state index contributed by atoms with van der Waals surface area (Å²) in [5.41, 5.74) is 0. The minimum Gasteiger partial charge on any atom is -0.481 e. The minimum atomic E-state index is -0.991. The third-order valence-electron chi connectivity index (χ3n) is 2.24. The lowest BCUT2D eigenvalue weighted by Gasteiger charge is -2.07. The Kier molecular flexibility index (Phi) is 10.6. The molecule has 0 fully saturated rings. The van der Waals surface area contributed by atoms with E-state index in [9.17, 15) is 14.4 Å². The second-order valence-corrected chi connectivity index (χ2v) is 5.72. The molecule has 0 saturated carbocycles. The molecule has 0 aromatic carbocycles. The van der Waals surface area contributed by atoms with Crippen molar-refractivity contribution in [3.05, 3.63) is 0 Å². The van der Waals surface area contributed by atoms with Crippen LogP contribution >= 0.6 is 0 Å². The normalized spacial score (nSPS) is 10.4. The number of aliphatic carboxylic acids is 1. The highest BCUT2D eigenvalue weighted by Crippen LogP contribution is 1.89. The van der Waals surface area contributed by atoms with Crippen LogP contribution in [0.3, 0.4) is 0 Å². The van der Waals surface area contributed by atoms with Crippen LogP contribution in [-0.2, 0) is 14.3 Å².